The van der Waals surface area contributed by atoms with Gasteiger partial charge >= 0.3 is 5.97 Å². The fourth-order valence-electron chi connectivity index (χ4n) is 0.325. The van der Waals surface area contributed by atoms with Crippen LogP contribution in [-0.4, -0.2) is 5.97 Å². The van der Waals surface area contributed by atoms with Gasteiger partial charge in [-0.3, -0.25) is 0 Å². The van der Waals surface area contributed by atoms with Gasteiger partial charge in [0.15, 0.2) is 0 Å². The molecular formula is C7H8FNO2. The second-order valence-corrected chi connectivity index (χ2v) is 1.80. The number of carbonyl (C=O) groups excluding carboxylic acids is 1. The van der Waals surface area contributed by atoms with Gasteiger partial charge in [0.05, 0.1) is 5.57 Å². The molecule has 4 heteroatoms. The highest BCUT2D eigenvalue weighted by Crippen LogP contribution is 1.97. The first kappa shape index (κ1) is 9.42. The van der Waals surface area contributed by atoms with E-state index >= 15 is 0 Å². The summed E-state index contributed by atoms with van der Waals surface area (Å²) in [6, 6.07) is 0. The standard InChI is InChI=1S/C7H8FNO2/c1-5(7(10)11-8)3-4-6(2)9/h3-4H,1-2,9H2/b4-3-. The molecule has 0 atom stereocenters. The molecule has 0 aliphatic carbocycles. The van der Waals surface area contributed by atoms with Crippen molar-refractivity contribution < 1.29 is 14.3 Å². The molecule has 0 heterocycles. The Kier molecular flexibility index (Phi) is 3.66. The zero-order valence-corrected chi connectivity index (χ0v) is 5.84. The van der Waals surface area contributed by atoms with E-state index in [-0.39, 0.29) is 11.3 Å². The molecule has 0 amide bonds. The summed E-state index contributed by atoms with van der Waals surface area (Å²) < 4.78 is 11.2. The van der Waals surface area contributed by atoms with Gasteiger partial charge in [-0.1, -0.05) is 13.2 Å². The van der Waals surface area contributed by atoms with Crippen LogP contribution in [0.2, 0.25) is 0 Å². The van der Waals surface area contributed by atoms with Crippen LogP contribution in [0.25, 0.3) is 0 Å². The molecule has 0 aromatic carbocycles. The Labute approximate surface area is 63.5 Å². The van der Waals surface area contributed by atoms with Gasteiger partial charge in [-0.2, -0.15) is 0 Å². The first-order chi connectivity index (χ1) is 5.07. The molecular weight excluding hydrogens is 149 g/mol. The van der Waals surface area contributed by atoms with E-state index in [2.05, 4.69) is 18.1 Å². The minimum absolute atomic E-state index is 0.126. The summed E-state index contributed by atoms with van der Waals surface area (Å²) in [6.07, 6.45) is 2.53. The van der Waals surface area contributed by atoms with Crippen molar-refractivity contribution in [2.45, 2.75) is 0 Å². The van der Waals surface area contributed by atoms with E-state index in [1.165, 1.54) is 12.2 Å². The van der Waals surface area contributed by atoms with Crippen molar-refractivity contribution in [1.82, 2.24) is 0 Å². The molecule has 3 nitrogen and oxygen atoms in total. The molecule has 0 fully saturated rings. The number of hydrogen-bond donors (Lipinski definition) is 1. The van der Waals surface area contributed by atoms with Crippen LogP contribution < -0.4 is 5.73 Å². The van der Waals surface area contributed by atoms with Crippen LogP contribution >= 0.6 is 0 Å². The van der Waals surface area contributed by atoms with Crippen LogP contribution in [0, 0.1) is 0 Å². The molecule has 0 saturated carbocycles. The fraction of sp³-hybridized carbons (Fsp3) is 0. The average Bonchev–Trinajstić information content (AvgIpc) is 1.98. The number of hydrogen-bond acceptors (Lipinski definition) is 3. The summed E-state index contributed by atoms with van der Waals surface area (Å²) in [4.78, 5) is 13.2. The van der Waals surface area contributed by atoms with Crippen LogP contribution in [0.5, 0.6) is 0 Å². The maximum absolute atomic E-state index is 11.2. The molecule has 0 bridgehead atoms. The maximum atomic E-state index is 11.2. The first-order valence-electron chi connectivity index (χ1n) is 2.72. The zero-order valence-electron chi connectivity index (χ0n) is 5.84. The van der Waals surface area contributed by atoms with Crippen LogP contribution in [0.3, 0.4) is 0 Å². The molecule has 0 radical (unpaired) electrons. The summed E-state index contributed by atoms with van der Waals surface area (Å²) in [5.74, 6) is -1.14. The number of allylic oxidation sites excluding steroid dienone is 1. The Balaban J connectivity index is 4.08. The molecule has 0 aromatic rings. The molecule has 0 spiro atoms. The summed E-state index contributed by atoms with van der Waals surface area (Å²) in [5, 5.41) is 0. The maximum Gasteiger partial charge on any atom is 0.378 e. The molecule has 0 unspecified atom stereocenters. The first-order valence-corrected chi connectivity index (χ1v) is 2.72. The summed E-state index contributed by atoms with van der Waals surface area (Å²) in [6.45, 7) is 6.52. The van der Waals surface area contributed by atoms with Gasteiger partial charge in [-0.25, -0.2) is 9.74 Å². The molecule has 11 heavy (non-hydrogen) atoms. The summed E-state index contributed by atoms with van der Waals surface area (Å²) in [5.41, 5.74) is 5.24. The normalized spacial score (nSPS) is 9.55. The second kappa shape index (κ2) is 4.27. The van der Waals surface area contributed by atoms with Gasteiger partial charge in [0, 0.05) is 10.2 Å². The third-order valence-electron chi connectivity index (χ3n) is 0.831. The predicted octanol–water partition coefficient (Wildman–Crippen LogP) is 0.999. The lowest BCUT2D eigenvalue weighted by Crippen LogP contribution is -1.99. The average molecular weight is 157 g/mol. The van der Waals surface area contributed by atoms with E-state index in [1.807, 2.05) is 0 Å². The zero-order chi connectivity index (χ0) is 8.85. The number of nitrogens with two attached hydrogens (primary N) is 1. The Morgan fingerprint density at radius 1 is 1.45 bits per heavy atom. The van der Waals surface area contributed by atoms with Crippen molar-refractivity contribution in [2.24, 2.45) is 5.73 Å². The van der Waals surface area contributed by atoms with Gasteiger partial charge in [0.1, 0.15) is 0 Å². The van der Waals surface area contributed by atoms with E-state index < -0.39 is 5.97 Å². The van der Waals surface area contributed by atoms with Crippen molar-refractivity contribution in [3.05, 3.63) is 36.6 Å². The van der Waals surface area contributed by atoms with Crippen molar-refractivity contribution >= 4 is 5.97 Å². The van der Waals surface area contributed by atoms with Gasteiger partial charge in [0.2, 0.25) is 0 Å². The Morgan fingerprint density at radius 2 is 2.00 bits per heavy atom. The quantitative estimate of drug-likeness (QED) is 0.491. The van der Waals surface area contributed by atoms with Gasteiger partial charge < -0.3 is 5.73 Å². The van der Waals surface area contributed by atoms with Crippen molar-refractivity contribution in [2.75, 3.05) is 0 Å². The summed E-state index contributed by atoms with van der Waals surface area (Å²) >= 11 is 0. The van der Waals surface area contributed by atoms with Crippen LogP contribution in [0.1, 0.15) is 0 Å². The lowest BCUT2D eigenvalue weighted by Gasteiger charge is -1.90. The van der Waals surface area contributed by atoms with Crippen molar-refractivity contribution in [3.8, 4) is 0 Å². The number of halogens is 1. The molecule has 0 aromatic heterocycles. The fourth-order valence-corrected chi connectivity index (χ4v) is 0.325. The van der Waals surface area contributed by atoms with E-state index in [9.17, 15) is 9.32 Å². The highest BCUT2D eigenvalue weighted by Gasteiger charge is 2.03. The largest absolute Gasteiger partial charge is 0.399 e. The Bertz CT molecular complexity index is 220. The second-order valence-electron chi connectivity index (χ2n) is 1.80. The SMILES string of the molecule is C=C(N)/C=C\C(=C)C(=O)OF. The molecule has 2 N–H and O–H groups in total. The van der Waals surface area contributed by atoms with Gasteiger partial charge in [0.25, 0.3) is 0 Å². The smallest absolute Gasteiger partial charge is 0.378 e. The van der Waals surface area contributed by atoms with Gasteiger partial charge in [-0.05, 0) is 12.2 Å². The lowest BCUT2D eigenvalue weighted by molar-refractivity contribution is -0.177. The van der Waals surface area contributed by atoms with E-state index in [1.54, 1.807) is 0 Å². The highest BCUT2D eigenvalue weighted by molar-refractivity contribution is 5.90. The van der Waals surface area contributed by atoms with Crippen LogP contribution in [0.15, 0.2) is 36.6 Å². The minimum atomic E-state index is -1.14. The van der Waals surface area contributed by atoms with Gasteiger partial charge in [-0.15, -0.1) is 0 Å². The number of carbonyl (C=O) groups is 1. The van der Waals surface area contributed by atoms with Crippen molar-refractivity contribution in [1.29, 1.82) is 0 Å². The number of rotatable bonds is 3. The topological polar surface area (TPSA) is 52.3 Å². The van der Waals surface area contributed by atoms with Crippen LogP contribution in [-0.2, 0) is 9.74 Å². The monoisotopic (exact) mass is 157 g/mol. The van der Waals surface area contributed by atoms with E-state index in [0.717, 1.165) is 0 Å². The molecule has 60 valence electrons. The van der Waals surface area contributed by atoms with E-state index in [4.69, 9.17) is 5.73 Å². The van der Waals surface area contributed by atoms with E-state index in [0.29, 0.717) is 0 Å². The van der Waals surface area contributed by atoms with Crippen molar-refractivity contribution in [3.63, 3.8) is 0 Å². The highest BCUT2D eigenvalue weighted by atomic mass is 19.3. The third kappa shape index (κ3) is 3.91. The molecule has 0 aliphatic rings. The van der Waals surface area contributed by atoms with Crippen LogP contribution in [0.4, 0.5) is 4.53 Å². The third-order valence-corrected chi connectivity index (χ3v) is 0.831. The Morgan fingerprint density at radius 3 is 2.36 bits per heavy atom. The Hall–Kier alpha value is -1.58. The predicted molar refractivity (Wildman–Crippen MR) is 38.8 cm³/mol. The molecule has 0 aliphatic heterocycles. The summed E-state index contributed by atoms with van der Waals surface area (Å²) in [7, 11) is 0. The lowest BCUT2D eigenvalue weighted by atomic mass is 10.2. The molecule has 0 saturated heterocycles. The minimum Gasteiger partial charge on any atom is -0.399 e. The molecule has 0 rings (SSSR count).